The number of ether oxygens (including phenoxy) is 1. The number of anilines is 1. The van der Waals surface area contributed by atoms with E-state index >= 15 is 0 Å². The third-order valence-corrected chi connectivity index (χ3v) is 6.49. The summed E-state index contributed by atoms with van der Waals surface area (Å²) in [6, 6.07) is 3.67. The van der Waals surface area contributed by atoms with Crippen LogP contribution in [-0.4, -0.2) is 65.1 Å². The van der Waals surface area contributed by atoms with Crippen LogP contribution in [0.15, 0.2) is 24.5 Å². The molecule has 2 aliphatic rings. The predicted molar refractivity (Wildman–Crippen MR) is 119 cm³/mol. The Morgan fingerprint density at radius 2 is 1.88 bits per heavy atom. The fourth-order valence-corrected chi connectivity index (χ4v) is 4.66. The second kappa shape index (κ2) is 10.1. The van der Waals surface area contributed by atoms with Gasteiger partial charge in [-0.25, -0.2) is 9.97 Å². The molecule has 184 valence electrons. The number of carbonyl (C=O) groups is 2. The Labute approximate surface area is 195 Å². The van der Waals surface area contributed by atoms with E-state index in [1.54, 1.807) is 0 Å². The summed E-state index contributed by atoms with van der Waals surface area (Å²) in [6.45, 7) is 3.59. The maximum absolute atomic E-state index is 13.1. The lowest BCUT2D eigenvalue weighted by molar-refractivity contribution is -0.149. The maximum Gasteiger partial charge on any atom is 0.416 e. The molecule has 0 bridgehead atoms. The summed E-state index contributed by atoms with van der Waals surface area (Å²) in [5, 5.41) is 5.98. The van der Waals surface area contributed by atoms with Crippen LogP contribution in [0.5, 0.6) is 0 Å². The van der Waals surface area contributed by atoms with Gasteiger partial charge in [-0.1, -0.05) is 0 Å². The van der Waals surface area contributed by atoms with Crippen molar-refractivity contribution in [3.05, 3.63) is 30.1 Å². The van der Waals surface area contributed by atoms with Gasteiger partial charge in [-0.15, -0.1) is 0 Å². The Morgan fingerprint density at radius 3 is 2.56 bits per heavy atom. The molecule has 11 heteroatoms. The van der Waals surface area contributed by atoms with Crippen LogP contribution in [0.1, 0.15) is 38.2 Å². The fourth-order valence-electron chi connectivity index (χ4n) is 4.66. The molecule has 2 aromatic rings. The van der Waals surface area contributed by atoms with Gasteiger partial charge in [0.15, 0.2) is 0 Å². The lowest BCUT2D eigenvalue weighted by Crippen LogP contribution is -2.63. The largest absolute Gasteiger partial charge is 0.466 e. The predicted octanol–water partition coefficient (Wildman–Crippen LogP) is 2.98. The van der Waals surface area contributed by atoms with Gasteiger partial charge in [0.05, 0.1) is 36.2 Å². The molecule has 1 amide bonds. The van der Waals surface area contributed by atoms with E-state index in [9.17, 15) is 22.8 Å². The molecule has 1 aliphatic carbocycles. The smallest absolute Gasteiger partial charge is 0.416 e. The second-order valence-electron chi connectivity index (χ2n) is 8.78. The van der Waals surface area contributed by atoms with Crippen molar-refractivity contribution in [1.29, 1.82) is 0 Å². The molecule has 0 spiro atoms. The number of benzene rings is 1. The normalized spacial score (nSPS) is 21.6. The van der Waals surface area contributed by atoms with E-state index in [-0.39, 0.29) is 41.6 Å². The van der Waals surface area contributed by atoms with Crippen molar-refractivity contribution >= 4 is 28.6 Å². The van der Waals surface area contributed by atoms with E-state index in [0.717, 1.165) is 50.9 Å². The van der Waals surface area contributed by atoms with Gasteiger partial charge in [-0.2, -0.15) is 13.2 Å². The van der Waals surface area contributed by atoms with Gasteiger partial charge in [0.1, 0.15) is 12.1 Å². The minimum Gasteiger partial charge on any atom is -0.466 e. The first-order chi connectivity index (χ1) is 16.2. The molecule has 1 saturated heterocycles. The van der Waals surface area contributed by atoms with Crippen LogP contribution in [0, 0.1) is 5.92 Å². The number of hydrogen-bond acceptors (Lipinski definition) is 7. The number of nitrogens with one attached hydrogen (secondary N) is 2. The molecule has 2 fully saturated rings. The standard InChI is InChI=1S/C23H28F3N5O3/c1-2-34-22(33)14-3-6-17(7-4-14)31-11-16(12-31)30-20(32)10-27-21-18-9-15(23(24,25)26)5-8-19(18)28-13-29-21/h5,8-9,13-14,16-17H,2-4,6-7,10-12H2,1H3,(H,30,32)(H,27,28,29)/t14-,17-. The first kappa shape index (κ1) is 24.2. The summed E-state index contributed by atoms with van der Waals surface area (Å²) in [5.74, 6) is -0.188. The number of hydrogen-bond donors (Lipinski definition) is 2. The van der Waals surface area contributed by atoms with Crippen LogP contribution in [-0.2, 0) is 20.5 Å². The zero-order chi connectivity index (χ0) is 24.3. The monoisotopic (exact) mass is 479 g/mol. The molecule has 34 heavy (non-hydrogen) atoms. The van der Waals surface area contributed by atoms with Crippen molar-refractivity contribution in [3.63, 3.8) is 0 Å². The Kier molecular flexibility index (Phi) is 7.20. The van der Waals surface area contributed by atoms with E-state index in [1.165, 1.54) is 12.4 Å². The molecular weight excluding hydrogens is 451 g/mol. The number of amides is 1. The number of nitrogens with zero attached hydrogens (tertiary/aromatic N) is 3. The highest BCUT2D eigenvalue weighted by Crippen LogP contribution is 2.33. The van der Waals surface area contributed by atoms with Gasteiger partial charge in [0.25, 0.3) is 0 Å². The molecule has 1 saturated carbocycles. The van der Waals surface area contributed by atoms with Crippen molar-refractivity contribution in [1.82, 2.24) is 20.2 Å². The minimum atomic E-state index is -4.48. The molecule has 1 aromatic carbocycles. The average Bonchev–Trinajstić information content (AvgIpc) is 2.79. The van der Waals surface area contributed by atoms with Gasteiger partial charge < -0.3 is 15.4 Å². The van der Waals surface area contributed by atoms with E-state index in [2.05, 4.69) is 25.5 Å². The van der Waals surface area contributed by atoms with Gasteiger partial charge >= 0.3 is 12.1 Å². The number of carbonyl (C=O) groups excluding carboxylic acids is 2. The summed E-state index contributed by atoms with van der Waals surface area (Å²) < 4.78 is 44.3. The van der Waals surface area contributed by atoms with Crippen LogP contribution in [0.3, 0.4) is 0 Å². The Balaban J connectivity index is 1.23. The minimum absolute atomic E-state index is 0.0101. The van der Waals surface area contributed by atoms with Crippen LogP contribution >= 0.6 is 0 Å². The highest BCUT2D eigenvalue weighted by molar-refractivity contribution is 5.91. The Hall–Kier alpha value is -2.95. The number of fused-ring (bicyclic) bond motifs is 1. The molecule has 2 heterocycles. The quantitative estimate of drug-likeness (QED) is 0.590. The van der Waals surface area contributed by atoms with Crippen molar-refractivity contribution in [2.75, 3.05) is 31.6 Å². The summed E-state index contributed by atoms with van der Waals surface area (Å²) in [4.78, 5) is 34.6. The molecular formula is C23H28F3N5O3. The van der Waals surface area contributed by atoms with Crippen molar-refractivity contribution in [2.24, 2.45) is 5.92 Å². The SMILES string of the molecule is CCOC(=O)[C@H]1CC[C@H](N2CC(NC(=O)CNc3ncnc4ccc(C(F)(F)F)cc34)C2)CC1. The summed E-state index contributed by atoms with van der Waals surface area (Å²) >= 11 is 0. The van der Waals surface area contributed by atoms with Crippen LogP contribution in [0.25, 0.3) is 10.9 Å². The molecule has 0 unspecified atom stereocenters. The molecule has 4 rings (SSSR count). The highest BCUT2D eigenvalue weighted by atomic mass is 19.4. The number of esters is 1. The third-order valence-electron chi connectivity index (χ3n) is 6.49. The summed E-state index contributed by atoms with van der Waals surface area (Å²) in [5.41, 5.74) is -0.439. The zero-order valence-electron chi connectivity index (χ0n) is 18.9. The number of rotatable bonds is 7. The molecule has 2 N–H and O–H groups in total. The number of aromatic nitrogens is 2. The van der Waals surface area contributed by atoms with E-state index in [1.807, 2.05) is 6.92 Å². The molecule has 8 nitrogen and oxygen atoms in total. The van der Waals surface area contributed by atoms with Gasteiger partial charge in [-0.05, 0) is 50.8 Å². The van der Waals surface area contributed by atoms with E-state index in [0.29, 0.717) is 18.2 Å². The first-order valence-corrected chi connectivity index (χ1v) is 11.5. The Bertz CT molecular complexity index is 1030. The van der Waals surface area contributed by atoms with Crippen LogP contribution < -0.4 is 10.6 Å². The summed E-state index contributed by atoms with van der Waals surface area (Å²) in [6.07, 6.45) is 0.287. The van der Waals surface area contributed by atoms with Gasteiger partial charge in [0.2, 0.25) is 5.91 Å². The zero-order valence-corrected chi connectivity index (χ0v) is 18.9. The van der Waals surface area contributed by atoms with E-state index < -0.39 is 11.7 Å². The lowest BCUT2D eigenvalue weighted by Gasteiger charge is -2.46. The topological polar surface area (TPSA) is 96.5 Å². The third kappa shape index (κ3) is 5.57. The summed E-state index contributed by atoms with van der Waals surface area (Å²) in [7, 11) is 0. The average molecular weight is 480 g/mol. The number of alkyl halides is 3. The fraction of sp³-hybridized carbons (Fsp3) is 0.565. The van der Waals surface area contributed by atoms with Crippen molar-refractivity contribution in [3.8, 4) is 0 Å². The maximum atomic E-state index is 13.1. The van der Waals surface area contributed by atoms with Crippen LogP contribution in [0.4, 0.5) is 19.0 Å². The van der Waals surface area contributed by atoms with Gasteiger partial charge in [0, 0.05) is 24.5 Å². The Morgan fingerprint density at radius 1 is 1.15 bits per heavy atom. The number of likely N-dealkylation sites (tertiary alicyclic amines) is 1. The van der Waals surface area contributed by atoms with Gasteiger partial charge in [-0.3, -0.25) is 14.5 Å². The molecule has 1 aliphatic heterocycles. The highest BCUT2D eigenvalue weighted by Gasteiger charge is 2.36. The molecule has 0 radical (unpaired) electrons. The van der Waals surface area contributed by atoms with Crippen molar-refractivity contribution < 1.29 is 27.5 Å². The second-order valence-corrected chi connectivity index (χ2v) is 8.78. The molecule has 1 aromatic heterocycles. The lowest BCUT2D eigenvalue weighted by atomic mass is 9.84. The number of halogens is 3. The molecule has 0 atom stereocenters. The van der Waals surface area contributed by atoms with Crippen LogP contribution in [0.2, 0.25) is 0 Å². The first-order valence-electron chi connectivity index (χ1n) is 11.5. The van der Waals surface area contributed by atoms with Crippen molar-refractivity contribution in [2.45, 2.75) is 50.9 Å². The van der Waals surface area contributed by atoms with E-state index in [4.69, 9.17) is 4.74 Å².